The first-order valence-corrected chi connectivity index (χ1v) is 5.51. The third-order valence-corrected chi connectivity index (χ3v) is 3.07. The van der Waals surface area contributed by atoms with Crippen LogP contribution in [0.25, 0.3) is 0 Å². The predicted octanol–water partition coefficient (Wildman–Crippen LogP) is 2.37. The van der Waals surface area contributed by atoms with Crippen molar-refractivity contribution in [3.05, 3.63) is 34.9 Å². The Labute approximate surface area is 102 Å². The van der Waals surface area contributed by atoms with Crippen molar-refractivity contribution in [3.8, 4) is 0 Å². The Morgan fingerprint density at radius 1 is 1.44 bits per heavy atom. The van der Waals surface area contributed by atoms with Crippen molar-refractivity contribution in [1.29, 1.82) is 0 Å². The average molecular weight is 259 g/mol. The van der Waals surface area contributed by atoms with Gasteiger partial charge in [-0.25, -0.2) is 0 Å². The Morgan fingerprint density at radius 2 is 2.17 bits per heavy atom. The lowest BCUT2D eigenvalue weighted by Gasteiger charge is -2.27. The molecule has 0 bridgehead atoms. The number of nitrogens with one attached hydrogen (secondary N) is 1. The Kier molecular flexibility index (Phi) is 3.30. The fraction of sp³-hybridized carbons (Fsp3) is 0.417. The van der Waals surface area contributed by atoms with Crippen LogP contribution in [0.1, 0.15) is 29.0 Å². The van der Waals surface area contributed by atoms with E-state index in [2.05, 4.69) is 5.32 Å². The number of halogens is 3. The second kappa shape index (κ2) is 4.61. The molecular formula is C12H12F3NO2. The van der Waals surface area contributed by atoms with Gasteiger partial charge in [0.15, 0.2) is 0 Å². The molecule has 1 aliphatic heterocycles. The maximum absolute atomic E-state index is 12.8. The molecule has 18 heavy (non-hydrogen) atoms. The summed E-state index contributed by atoms with van der Waals surface area (Å²) in [6.45, 7) is 0.516. The van der Waals surface area contributed by atoms with Crippen LogP contribution in [0.4, 0.5) is 13.2 Å². The van der Waals surface area contributed by atoms with Crippen LogP contribution in [-0.2, 0) is 17.5 Å². The third kappa shape index (κ3) is 2.48. The van der Waals surface area contributed by atoms with Crippen LogP contribution >= 0.6 is 0 Å². The molecule has 0 amide bonds. The summed E-state index contributed by atoms with van der Waals surface area (Å²) in [7, 11) is 0. The van der Waals surface area contributed by atoms with Crippen molar-refractivity contribution in [2.75, 3.05) is 6.54 Å². The molecule has 1 aliphatic rings. The summed E-state index contributed by atoms with van der Waals surface area (Å²) in [6, 6.07) is 3.95. The molecule has 2 N–H and O–H groups in total. The molecule has 0 saturated carbocycles. The number of rotatable bonds is 2. The summed E-state index contributed by atoms with van der Waals surface area (Å²) in [5, 5.41) is 11.6. The molecule has 1 atom stereocenters. The minimum absolute atomic E-state index is 0.126. The van der Waals surface area contributed by atoms with E-state index in [1.807, 2.05) is 0 Å². The molecule has 0 spiro atoms. The molecule has 0 saturated heterocycles. The summed E-state index contributed by atoms with van der Waals surface area (Å²) < 4.78 is 38.5. The Morgan fingerprint density at radius 3 is 2.78 bits per heavy atom. The smallest absolute Gasteiger partial charge is 0.416 e. The van der Waals surface area contributed by atoms with Gasteiger partial charge < -0.3 is 10.4 Å². The minimum Gasteiger partial charge on any atom is -0.481 e. The van der Waals surface area contributed by atoms with Crippen molar-refractivity contribution in [1.82, 2.24) is 5.32 Å². The first kappa shape index (κ1) is 12.9. The van der Waals surface area contributed by atoms with Crippen LogP contribution < -0.4 is 5.32 Å². The summed E-state index contributed by atoms with van der Waals surface area (Å²) in [5.74, 6) is -1.42. The van der Waals surface area contributed by atoms with Gasteiger partial charge in [0.2, 0.25) is 0 Å². The van der Waals surface area contributed by atoms with Gasteiger partial charge in [0.25, 0.3) is 0 Å². The van der Waals surface area contributed by atoms with Crippen LogP contribution in [0.3, 0.4) is 0 Å². The zero-order valence-electron chi connectivity index (χ0n) is 9.42. The fourth-order valence-electron chi connectivity index (χ4n) is 2.32. The maximum Gasteiger partial charge on any atom is 0.416 e. The molecule has 1 aromatic rings. The summed E-state index contributed by atoms with van der Waals surface area (Å²) in [6.07, 6.45) is -4.57. The lowest BCUT2D eigenvalue weighted by atomic mass is 9.86. The number of alkyl halides is 3. The van der Waals surface area contributed by atoms with Crippen LogP contribution in [0.2, 0.25) is 0 Å². The quantitative estimate of drug-likeness (QED) is 0.857. The van der Waals surface area contributed by atoms with Crippen molar-refractivity contribution < 1.29 is 23.1 Å². The first-order valence-electron chi connectivity index (χ1n) is 5.51. The van der Waals surface area contributed by atoms with Gasteiger partial charge >= 0.3 is 12.1 Å². The number of hydrogen-bond acceptors (Lipinski definition) is 2. The van der Waals surface area contributed by atoms with Crippen LogP contribution in [0.5, 0.6) is 0 Å². The first-order chi connectivity index (χ1) is 8.39. The van der Waals surface area contributed by atoms with Crippen molar-refractivity contribution in [2.45, 2.75) is 25.1 Å². The van der Waals surface area contributed by atoms with E-state index < -0.39 is 23.6 Å². The summed E-state index contributed by atoms with van der Waals surface area (Å²) in [5.41, 5.74) is -0.0175. The van der Waals surface area contributed by atoms with Gasteiger partial charge in [0, 0.05) is 19.0 Å². The molecule has 0 aliphatic carbocycles. The summed E-state index contributed by atoms with van der Waals surface area (Å²) in [4.78, 5) is 10.7. The Balaban J connectivity index is 2.44. The van der Waals surface area contributed by atoms with Crippen LogP contribution in [-0.4, -0.2) is 17.6 Å². The average Bonchev–Trinajstić information content (AvgIpc) is 2.26. The van der Waals surface area contributed by atoms with E-state index >= 15 is 0 Å². The van der Waals surface area contributed by atoms with Gasteiger partial charge in [-0.2, -0.15) is 13.2 Å². The molecule has 98 valence electrons. The molecule has 1 aromatic carbocycles. The van der Waals surface area contributed by atoms with E-state index in [1.165, 1.54) is 6.07 Å². The van der Waals surface area contributed by atoms with Gasteiger partial charge in [-0.05, 0) is 17.2 Å². The predicted molar refractivity (Wildman–Crippen MR) is 58.1 cm³/mol. The number of aliphatic carboxylic acids is 1. The van der Waals surface area contributed by atoms with Gasteiger partial charge in [0.05, 0.1) is 12.0 Å². The van der Waals surface area contributed by atoms with E-state index in [-0.39, 0.29) is 18.5 Å². The molecular weight excluding hydrogens is 247 g/mol. The number of carboxylic acid groups (broad SMARTS) is 1. The van der Waals surface area contributed by atoms with E-state index in [4.69, 9.17) is 5.11 Å². The number of carbonyl (C=O) groups is 1. The van der Waals surface area contributed by atoms with Crippen molar-refractivity contribution in [3.63, 3.8) is 0 Å². The lowest BCUT2D eigenvalue weighted by molar-refractivity contribution is -0.138. The second-order valence-corrected chi connectivity index (χ2v) is 4.30. The van der Waals surface area contributed by atoms with Crippen LogP contribution in [0, 0.1) is 0 Å². The van der Waals surface area contributed by atoms with Gasteiger partial charge in [-0.1, -0.05) is 12.1 Å². The number of hydrogen-bond donors (Lipinski definition) is 2. The van der Waals surface area contributed by atoms with Crippen molar-refractivity contribution in [2.24, 2.45) is 0 Å². The Hall–Kier alpha value is -1.56. The molecule has 0 aromatic heterocycles. The monoisotopic (exact) mass is 259 g/mol. The van der Waals surface area contributed by atoms with E-state index in [0.29, 0.717) is 12.1 Å². The van der Waals surface area contributed by atoms with Gasteiger partial charge in [-0.3, -0.25) is 4.79 Å². The Bertz CT molecular complexity index is 471. The highest BCUT2D eigenvalue weighted by Gasteiger charge is 2.36. The molecule has 0 fully saturated rings. The van der Waals surface area contributed by atoms with E-state index in [0.717, 1.165) is 6.07 Å². The zero-order chi connectivity index (χ0) is 13.3. The molecule has 2 rings (SSSR count). The van der Waals surface area contributed by atoms with Crippen molar-refractivity contribution >= 4 is 5.97 Å². The second-order valence-electron chi connectivity index (χ2n) is 4.30. The lowest BCUT2D eigenvalue weighted by Crippen LogP contribution is -2.31. The molecule has 0 radical (unpaired) electrons. The number of carboxylic acids is 1. The SMILES string of the molecule is O=C(O)CC1CNCc2c1cccc2C(F)(F)F. The van der Waals surface area contributed by atoms with Gasteiger partial charge in [0.1, 0.15) is 0 Å². The topological polar surface area (TPSA) is 49.3 Å². The fourth-order valence-corrected chi connectivity index (χ4v) is 2.32. The minimum atomic E-state index is -4.40. The third-order valence-electron chi connectivity index (χ3n) is 3.07. The normalized spacial score (nSPS) is 19.4. The molecule has 1 heterocycles. The number of benzene rings is 1. The van der Waals surface area contributed by atoms with Gasteiger partial charge in [-0.15, -0.1) is 0 Å². The highest BCUT2D eigenvalue weighted by Crippen LogP contribution is 2.37. The highest BCUT2D eigenvalue weighted by atomic mass is 19.4. The molecule has 1 unspecified atom stereocenters. The van der Waals surface area contributed by atoms with Crippen LogP contribution in [0.15, 0.2) is 18.2 Å². The summed E-state index contributed by atoms with van der Waals surface area (Å²) >= 11 is 0. The largest absolute Gasteiger partial charge is 0.481 e. The van der Waals surface area contributed by atoms with E-state index in [1.54, 1.807) is 6.07 Å². The number of fused-ring (bicyclic) bond motifs is 1. The maximum atomic E-state index is 12.8. The zero-order valence-corrected chi connectivity index (χ0v) is 9.42. The standard InChI is InChI=1S/C12H12F3NO2/c13-12(14,15)10-3-1-2-8-7(4-11(17)18)5-16-6-9(8)10/h1-3,7,16H,4-6H2,(H,17,18). The highest BCUT2D eigenvalue weighted by molar-refractivity contribution is 5.68. The molecule has 3 nitrogen and oxygen atoms in total. The molecule has 6 heteroatoms. The van der Waals surface area contributed by atoms with E-state index in [9.17, 15) is 18.0 Å².